The summed E-state index contributed by atoms with van der Waals surface area (Å²) >= 11 is 0. The zero-order valence-electron chi connectivity index (χ0n) is 16.6. The first-order valence-electron chi connectivity index (χ1n) is 9.85. The molecular weight excluding hydrogens is 385 g/mol. The van der Waals surface area contributed by atoms with E-state index in [2.05, 4.69) is 15.2 Å². The second kappa shape index (κ2) is 8.69. The summed E-state index contributed by atoms with van der Waals surface area (Å²) < 4.78 is 19.5. The van der Waals surface area contributed by atoms with E-state index in [1.165, 1.54) is 6.07 Å². The fraction of sp³-hybridized carbons (Fsp3) is 0.261. The molecule has 1 aliphatic rings. The maximum Gasteiger partial charge on any atom is 0.178 e. The second-order valence-electron chi connectivity index (χ2n) is 7.31. The Kier molecular flexibility index (Phi) is 5.83. The van der Waals surface area contributed by atoms with Crippen LogP contribution in [0.15, 0.2) is 60.8 Å². The summed E-state index contributed by atoms with van der Waals surface area (Å²) in [5.74, 6) is 1.17. The van der Waals surface area contributed by atoms with Gasteiger partial charge in [0, 0.05) is 24.4 Å². The van der Waals surface area contributed by atoms with Crippen LogP contribution in [-0.2, 0) is 6.54 Å². The smallest absolute Gasteiger partial charge is 0.178 e. The largest absolute Gasteiger partial charge is 0.489 e. The average Bonchev–Trinajstić information content (AvgIpc) is 2.74. The van der Waals surface area contributed by atoms with Crippen molar-refractivity contribution < 1.29 is 19.3 Å². The molecule has 4 rings (SSSR count). The Labute approximate surface area is 174 Å². The highest BCUT2D eigenvalue weighted by Crippen LogP contribution is 2.39. The number of aromatic nitrogens is 1. The summed E-state index contributed by atoms with van der Waals surface area (Å²) in [6, 6.07) is 15.4. The maximum absolute atomic E-state index is 13.6. The van der Waals surface area contributed by atoms with Crippen LogP contribution in [0.3, 0.4) is 0 Å². The van der Waals surface area contributed by atoms with Crippen molar-refractivity contribution in [3.05, 3.63) is 83.3 Å². The molecule has 0 fully saturated rings. The first-order valence-corrected chi connectivity index (χ1v) is 9.85. The van der Waals surface area contributed by atoms with Gasteiger partial charge < -0.3 is 25.2 Å². The Morgan fingerprint density at radius 2 is 1.90 bits per heavy atom. The molecular formula is C23H24FN3O3. The van der Waals surface area contributed by atoms with E-state index in [-0.39, 0.29) is 11.9 Å². The van der Waals surface area contributed by atoms with E-state index in [0.717, 1.165) is 22.6 Å². The maximum atomic E-state index is 13.6. The van der Waals surface area contributed by atoms with Crippen LogP contribution in [0, 0.1) is 5.82 Å². The molecule has 0 bridgehead atoms. The third-order valence-corrected chi connectivity index (χ3v) is 5.17. The quantitative estimate of drug-likeness (QED) is 0.538. The molecule has 3 N–H and O–H groups in total. The molecule has 0 unspecified atom stereocenters. The van der Waals surface area contributed by atoms with Crippen molar-refractivity contribution in [1.29, 1.82) is 0 Å². The molecule has 2 heterocycles. The lowest BCUT2D eigenvalue weighted by molar-refractivity contribution is -0.0424. The number of pyridine rings is 1. The molecule has 30 heavy (non-hydrogen) atoms. The number of nitrogens with one attached hydrogen (secondary N) is 1. The number of nitrogens with zero attached hydrogens (tertiary/aromatic N) is 2. The first-order chi connectivity index (χ1) is 14.5. The first kappa shape index (κ1) is 20.1. The van der Waals surface area contributed by atoms with E-state index in [9.17, 15) is 14.6 Å². The van der Waals surface area contributed by atoms with Gasteiger partial charge in [-0.25, -0.2) is 9.37 Å². The number of halogens is 1. The molecule has 1 aliphatic heterocycles. The zero-order chi connectivity index (χ0) is 21.1. The van der Waals surface area contributed by atoms with Crippen molar-refractivity contribution in [2.24, 2.45) is 0 Å². The van der Waals surface area contributed by atoms with E-state index < -0.39 is 6.29 Å². The second-order valence-corrected chi connectivity index (χ2v) is 7.31. The van der Waals surface area contributed by atoms with Gasteiger partial charge in [-0.1, -0.05) is 36.4 Å². The van der Waals surface area contributed by atoms with Crippen LogP contribution in [0.25, 0.3) is 0 Å². The SMILES string of the molecule is C[C@H](Nc1nccc2c1N(Cc1cccc(F)c1)CCO2)c1ccc(C(O)O)cc1. The number of benzene rings is 2. The summed E-state index contributed by atoms with van der Waals surface area (Å²) in [6.07, 6.45) is 0.212. The molecule has 1 atom stereocenters. The van der Waals surface area contributed by atoms with E-state index >= 15 is 0 Å². The lowest BCUT2D eigenvalue weighted by atomic mass is 10.1. The normalized spacial score (nSPS) is 14.2. The van der Waals surface area contributed by atoms with Gasteiger partial charge in [0.05, 0.1) is 12.6 Å². The molecule has 0 amide bonds. The number of hydrogen-bond acceptors (Lipinski definition) is 6. The Hall–Kier alpha value is -3.16. The van der Waals surface area contributed by atoms with Crippen LogP contribution < -0.4 is 15.0 Å². The molecule has 0 radical (unpaired) electrons. The minimum Gasteiger partial charge on any atom is -0.489 e. The predicted molar refractivity (Wildman–Crippen MR) is 113 cm³/mol. The Bertz CT molecular complexity index is 1010. The van der Waals surface area contributed by atoms with E-state index in [4.69, 9.17) is 4.74 Å². The van der Waals surface area contributed by atoms with Crippen molar-refractivity contribution in [2.75, 3.05) is 23.4 Å². The lowest BCUT2D eigenvalue weighted by Crippen LogP contribution is -2.33. The molecule has 2 aromatic carbocycles. The molecule has 7 heteroatoms. The van der Waals surface area contributed by atoms with Crippen LogP contribution in [0.4, 0.5) is 15.9 Å². The van der Waals surface area contributed by atoms with Crippen molar-refractivity contribution in [3.63, 3.8) is 0 Å². The van der Waals surface area contributed by atoms with Gasteiger partial charge in [-0.05, 0) is 30.2 Å². The number of aliphatic hydroxyl groups excluding tert-OH is 1. The topological polar surface area (TPSA) is 77.9 Å². The van der Waals surface area contributed by atoms with Gasteiger partial charge in [0.1, 0.15) is 23.9 Å². The van der Waals surface area contributed by atoms with Crippen molar-refractivity contribution in [1.82, 2.24) is 4.98 Å². The molecule has 0 spiro atoms. The Morgan fingerprint density at radius 3 is 2.63 bits per heavy atom. The summed E-state index contributed by atoms with van der Waals surface area (Å²) in [6.45, 7) is 3.77. The fourth-order valence-corrected chi connectivity index (χ4v) is 3.60. The third-order valence-electron chi connectivity index (χ3n) is 5.17. The third kappa shape index (κ3) is 4.37. The van der Waals surface area contributed by atoms with Crippen molar-refractivity contribution in [3.8, 4) is 5.75 Å². The minimum atomic E-state index is -1.49. The highest BCUT2D eigenvalue weighted by atomic mass is 19.1. The van der Waals surface area contributed by atoms with Gasteiger partial charge in [-0.15, -0.1) is 0 Å². The number of rotatable bonds is 6. The highest BCUT2D eigenvalue weighted by Gasteiger charge is 2.24. The summed E-state index contributed by atoms with van der Waals surface area (Å²) in [7, 11) is 0. The average molecular weight is 409 g/mol. The van der Waals surface area contributed by atoms with Gasteiger partial charge in [0.2, 0.25) is 0 Å². The zero-order valence-corrected chi connectivity index (χ0v) is 16.6. The monoisotopic (exact) mass is 409 g/mol. The molecule has 156 valence electrons. The van der Waals surface area contributed by atoms with Crippen LogP contribution in [0.1, 0.15) is 35.9 Å². The van der Waals surface area contributed by atoms with Crippen molar-refractivity contribution in [2.45, 2.75) is 25.8 Å². The fourth-order valence-electron chi connectivity index (χ4n) is 3.60. The highest BCUT2D eigenvalue weighted by molar-refractivity contribution is 5.74. The minimum absolute atomic E-state index is 0.0770. The number of aliphatic hydroxyl groups is 2. The molecule has 6 nitrogen and oxygen atoms in total. The van der Waals surface area contributed by atoms with Crippen LogP contribution in [-0.4, -0.2) is 28.3 Å². The predicted octanol–water partition coefficient (Wildman–Crippen LogP) is 3.78. The van der Waals surface area contributed by atoms with Gasteiger partial charge >= 0.3 is 0 Å². The molecule has 0 saturated carbocycles. The van der Waals surface area contributed by atoms with Crippen molar-refractivity contribution >= 4 is 11.5 Å². The molecule has 3 aromatic rings. The summed E-state index contributed by atoms with van der Waals surface area (Å²) in [4.78, 5) is 6.67. The number of anilines is 2. The molecule has 1 aromatic heterocycles. The number of fused-ring (bicyclic) bond motifs is 1. The van der Waals surface area contributed by atoms with Gasteiger partial charge in [-0.3, -0.25) is 0 Å². The standard InChI is InChI=1S/C23H24FN3O3/c1-15(17-5-7-18(8-6-17)23(28)29)26-22-21-20(9-10-25-22)30-12-11-27(21)14-16-3-2-4-19(24)13-16/h2-10,13,15,23,28-29H,11-12,14H2,1H3,(H,25,26)/t15-/m0/s1. The van der Waals surface area contributed by atoms with Crippen LogP contribution >= 0.6 is 0 Å². The van der Waals surface area contributed by atoms with Crippen LogP contribution in [0.2, 0.25) is 0 Å². The lowest BCUT2D eigenvalue weighted by Gasteiger charge is -2.33. The number of ether oxygens (including phenoxy) is 1. The summed E-state index contributed by atoms with van der Waals surface area (Å²) in [5.41, 5.74) is 3.15. The number of hydrogen-bond donors (Lipinski definition) is 3. The Morgan fingerprint density at radius 1 is 1.13 bits per heavy atom. The molecule has 0 saturated heterocycles. The van der Waals surface area contributed by atoms with Gasteiger partial charge in [-0.2, -0.15) is 0 Å². The van der Waals surface area contributed by atoms with E-state index in [1.807, 2.05) is 31.2 Å². The van der Waals surface area contributed by atoms with E-state index in [1.54, 1.807) is 30.5 Å². The van der Waals surface area contributed by atoms with Gasteiger partial charge in [0.15, 0.2) is 12.1 Å². The molecule has 0 aliphatic carbocycles. The van der Waals surface area contributed by atoms with E-state index in [0.29, 0.717) is 31.1 Å². The summed E-state index contributed by atoms with van der Waals surface area (Å²) in [5, 5.41) is 22.0. The van der Waals surface area contributed by atoms with Crippen LogP contribution in [0.5, 0.6) is 5.75 Å². The Balaban J connectivity index is 1.58. The van der Waals surface area contributed by atoms with Gasteiger partial charge in [0.25, 0.3) is 0 Å².